The number of thiocarbonyl (C=S) groups is 2. The van der Waals surface area contributed by atoms with E-state index >= 15 is 0 Å². The molecule has 0 spiro atoms. The summed E-state index contributed by atoms with van der Waals surface area (Å²) < 4.78 is 5.55. The van der Waals surface area contributed by atoms with Gasteiger partial charge in [0.25, 0.3) is 0 Å². The Hall–Kier alpha value is -2.31. The summed E-state index contributed by atoms with van der Waals surface area (Å²) in [5.74, 6) is 0.780. The highest BCUT2D eigenvalue weighted by molar-refractivity contribution is 7.80. The number of hydrogen-bond acceptors (Lipinski definition) is 4. The van der Waals surface area contributed by atoms with Crippen LogP contribution in [-0.2, 0) is 6.54 Å². The number of likely N-dealkylation sites (N-methyl/N-ethyl adjacent to an activating group) is 1. The van der Waals surface area contributed by atoms with Crippen LogP contribution in [0.3, 0.4) is 0 Å². The molecule has 2 rings (SSSR count). The maximum atomic E-state index is 5.55. The van der Waals surface area contributed by atoms with Gasteiger partial charge in [-0.25, -0.2) is 0 Å². The molecule has 0 amide bonds. The van der Waals surface area contributed by atoms with Crippen molar-refractivity contribution < 1.29 is 4.74 Å². The Morgan fingerprint density at radius 3 is 2.67 bits per heavy atom. The second-order valence-corrected chi connectivity index (χ2v) is 5.88. The van der Waals surface area contributed by atoms with E-state index < -0.39 is 0 Å². The van der Waals surface area contributed by atoms with Crippen LogP contribution >= 0.6 is 24.4 Å². The Bertz CT molecular complexity index is 700. The normalized spacial score (nSPS) is 10.4. The lowest BCUT2D eigenvalue weighted by atomic mass is 10.2. The van der Waals surface area contributed by atoms with Crippen LogP contribution in [0.5, 0.6) is 5.75 Å². The molecule has 0 radical (unpaired) electrons. The van der Waals surface area contributed by atoms with Gasteiger partial charge in [-0.2, -0.15) is 0 Å². The van der Waals surface area contributed by atoms with Gasteiger partial charge in [0.1, 0.15) is 17.3 Å². The number of pyridine rings is 1. The minimum absolute atomic E-state index is 0.378. The van der Waals surface area contributed by atoms with Crippen LogP contribution in [0.15, 0.2) is 54.9 Å². The SMILES string of the molecule is CNC(=S)COc1ccc(C=CC(=S)NCc2cccnc2)cc1. The van der Waals surface area contributed by atoms with Crippen LogP contribution in [0.2, 0.25) is 0 Å². The Labute approximate surface area is 153 Å². The molecule has 4 nitrogen and oxygen atoms in total. The number of ether oxygens (including phenoxy) is 1. The molecule has 0 aliphatic rings. The minimum atomic E-state index is 0.378. The van der Waals surface area contributed by atoms with E-state index in [1.165, 1.54) is 0 Å². The summed E-state index contributed by atoms with van der Waals surface area (Å²) in [5, 5.41) is 6.05. The molecule has 0 unspecified atom stereocenters. The Kier molecular flexibility index (Phi) is 7.32. The highest BCUT2D eigenvalue weighted by Crippen LogP contribution is 2.13. The molecule has 1 heterocycles. The molecule has 0 aliphatic heterocycles. The van der Waals surface area contributed by atoms with Crippen molar-refractivity contribution in [2.24, 2.45) is 0 Å². The van der Waals surface area contributed by atoms with Crippen molar-refractivity contribution in [2.75, 3.05) is 13.7 Å². The maximum absolute atomic E-state index is 5.55. The van der Waals surface area contributed by atoms with Gasteiger partial charge in [-0.3, -0.25) is 4.98 Å². The molecular weight excluding hydrogens is 338 g/mol. The van der Waals surface area contributed by atoms with E-state index in [1.807, 2.05) is 54.7 Å². The molecule has 24 heavy (non-hydrogen) atoms. The van der Waals surface area contributed by atoms with E-state index in [-0.39, 0.29) is 0 Å². The fourth-order valence-electron chi connectivity index (χ4n) is 1.82. The van der Waals surface area contributed by atoms with Crippen LogP contribution in [0.4, 0.5) is 0 Å². The van der Waals surface area contributed by atoms with Crippen LogP contribution in [0.1, 0.15) is 11.1 Å². The third-order valence-corrected chi connectivity index (χ3v) is 3.75. The van der Waals surface area contributed by atoms with Gasteiger partial charge in [0.2, 0.25) is 0 Å². The van der Waals surface area contributed by atoms with Crippen LogP contribution < -0.4 is 15.4 Å². The third kappa shape index (κ3) is 6.44. The zero-order valence-corrected chi connectivity index (χ0v) is 15.0. The van der Waals surface area contributed by atoms with E-state index in [1.54, 1.807) is 13.2 Å². The summed E-state index contributed by atoms with van der Waals surface area (Å²) in [6.07, 6.45) is 7.40. The minimum Gasteiger partial charge on any atom is -0.486 e. The standard InChI is InChI=1S/C18H19N3OS2/c1-19-18(24)13-22-16-7-4-14(5-8-16)6-9-17(23)21-12-15-3-2-10-20-11-15/h2-11H,12-13H2,1H3,(H,19,24)(H,21,23). The van der Waals surface area contributed by atoms with Crippen LogP contribution in [-0.4, -0.2) is 28.6 Å². The summed E-state index contributed by atoms with van der Waals surface area (Å²) in [4.78, 5) is 5.42. The molecule has 0 saturated carbocycles. The van der Waals surface area contributed by atoms with Crippen molar-refractivity contribution >= 4 is 40.5 Å². The van der Waals surface area contributed by atoms with Gasteiger partial charge in [0, 0.05) is 26.0 Å². The Balaban J connectivity index is 1.80. The zero-order valence-electron chi connectivity index (χ0n) is 13.4. The second kappa shape index (κ2) is 9.75. The molecule has 2 N–H and O–H groups in total. The van der Waals surface area contributed by atoms with E-state index in [0.29, 0.717) is 23.1 Å². The summed E-state index contributed by atoms with van der Waals surface area (Å²) in [6, 6.07) is 11.7. The third-order valence-electron chi connectivity index (χ3n) is 3.15. The number of aromatic nitrogens is 1. The zero-order chi connectivity index (χ0) is 17.2. The first-order valence-corrected chi connectivity index (χ1v) is 8.27. The smallest absolute Gasteiger partial charge is 0.138 e. The lowest BCUT2D eigenvalue weighted by molar-refractivity contribution is 0.375. The number of benzene rings is 1. The van der Waals surface area contributed by atoms with Crippen molar-refractivity contribution in [3.05, 3.63) is 66.0 Å². The highest BCUT2D eigenvalue weighted by atomic mass is 32.1. The summed E-state index contributed by atoms with van der Waals surface area (Å²) in [6.45, 7) is 1.04. The molecule has 6 heteroatoms. The van der Waals surface area contributed by atoms with E-state index in [0.717, 1.165) is 16.9 Å². The molecule has 1 aromatic heterocycles. The first kappa shape index (κ1) is 18.0. The lowest BCUT2D eigenvalue weighted by Gasteiger charge is -2.07. The number of rotatable bonds is 7. The Morgan fingerprint density at radius 2 is 2.00 bits per heavy atom. The predicted molar refractivity (Wildman–Crippen MR) is 106 cm³/mol. The van der Waals surface area contributed by atoms with Gasteiger partial charge in [-0.15, -0.1) is 0 Å². The van der Waals surface area contributed by atoms with Gasteiger partial charge in [-0.1, -0.05) is 48.7 Å². The molecule has 124 valence electrons. The average Bonchev–Trinajstić information content (AvgIpc) is 2.64. The predicted octanol–water partition coefficient (Wildman–Crippen LogP) is 3.14. The molecular formula is C18H19N3OS2. The van der Waals surface area contributed by atoms with E-state index in [2.05, 4.69) is 15.6 Å². The summed E-state index contributed by atoms with van der Waals surface area (Å²) in [7, 11) is 1.78. The van der Waals surface area contributed by atoms with Gasteiger partial charge in [-0.05, 0) is 35.4 Å². The topological polar surface area (TPSA) is 46.2 Å². The van der Waals surface area contributed by atoms with Crippen LogP contribution in [0, 0.1) is 0 Å². The molecule has 0 fully saturated rings. The van der Waals surface area contributed by atoms with Gasteiger partial charge < -0.3 is 15.4 Å². The fourth-order valence-corrected chi connectivity index (χ4v) is 2.02. The van der Waals surface area contributed by atoms with Crippen LogP contribution in [0.25, 0.3) is 6.08 Å². The molecule has 0 aliphatic carbocycles. The lowest BCUT2D eigenvalue weighted by Crippen LogP contribution is -2.22. The first-order chi connectivity index (χ1) is 11.7. The fraction of sp³-hybridized carbons (Fsp3) is 0.167. The molecule has 0 bridgehead atoms. The van der Waals surface area contributed by atoms with Crippen molar-refractivity contribution in [1.29, 1.82) is 0 Å². The molecule has 0 saturated heterocycles. The Morgan fingerprint density at radius 1 is 1.21 bits per heavy atom. The molecule has 2 aromatic rings. The van der Waals surface area contributed by atoms with Gasteiger partial charge in [0.05, 0.1) is 4.99 Å². The van der Waals surface area contributed by atoms with Gasteiger partial charge in [0.15, 0.2) is 0 Å². The van der Waals surface area contributed by atoms with E-state index in [4.69, 9.17) is 29.2 Å². The monoisotopic (exact) mass is 357 g/mol. The number of nitrogens with one attached hydrogen (secondary N) is 2. The summed E-state index contributed by atoms with van der Waals surface area (Å²) >= 11 is 10.3. The van der Waals surface area contributed by atoms with E-state index in [9.17, 15) is 0 Å². The second-order valence-electron chi connectivity index (χ2n) is 4.94. The van der Waals surface area contributed by atoms with Crippen molar-refractivity contribution in [1.82, 2.24) is 15.6 Å². The number of hydrogen-bond donors (Lipinski definition) is 2. The summed E-state index contributed by atoms with van der Waals surface area (Å²) in [5.41, 5.74) is 2.14. The van der Waals surface area contributed by atoms with Gasteiger partial charge >= 0.3 is 0 Å². The van der Waals surface area contributed by atoms with Crippen molar-refractivity contribution in [3.63, 3.8) is 0 Å². The van der Waals surface area contributed by atoms with Crippen molar-refractivity contribution in [3.8, 4) is 5.75 Å². The molecule has 0 atom stereocenters. The maximum Gasteiger partial charge on any atom is 0.138 e. The number of nitrogens with zero attached hydrogens (tertiary/aromatic N) is 1. The van der Waals surface area contributed by atoms with Crippen molar-refractivity contribution in [2.45, 2.75) is 6.54 Å². The molecule has 1 aromatic carbocycles. The highest BCUT2D eigenvalue weighted by Gasteiger charge is 1.97. The quantitative estimate of drug-likeness (QED) is 0.586. The average molecular weight is 358 g/mol. The largest absolute Gasteiger partial charge is 0.486 e. The first-order valence-electron chi connectivity index (χ1n) is 7.45.